The van der Waals surface area contributed by atoms with Crippen LogP contribution in [0.1, 0.15) is 36.2 Å². The first kappa shape index (κ1) is 18.0. The molecule has 0 saturated carbocycles. The van der Waals surface area contributed by atoms with E-state index in [4.69, 9.17) is 4.99 Å². The number of para-hydroxylation sites is 1. The lowest BCUT2D eigenvalue weighted by molar-refractivity contribution is 0.313. The van der Waals surface area contributed by atoms with Gasteiger partial charge in [-0.25, -0.2) is 0 Å². The van der Waals surface area contributed by atoms with Crippen LogP contribution in [0.3, 0.4) is 0 Å². The van der Waals surface area contributed by atoms with E-state index in [9.17, 15) is 0 Å². The zero-order valence-corrected chi connectivity index (χ0v) is 16.7. The normalized spacial score (nSPS) is 15.2. The highest BCUT2D eigenvalue weighted by Gasteiger charge is 2.24. The molecule has 3 aromatic rings. The molecular formula is C24H29N3. The fourth-order valence-corrected chi connectivity index (χ4v) is 4.37. The van der Waals surface area contributed by atoms with E-state index in [-0.39, 0.29) is 0 Å². The molecule has 1 heterocycles. The topological polar surface area (TPSA) is 20.5 Å². The molecule has 2 aromatic carbocycles. The second-order valence-electron chi connectivity index (χ2n) is 7.31. The summed E-state index contributed by atoms with van der Waals surface area (Å²) in [7, 11) is 2.20. The fourth-order valence-electron chi connectivity index (χ4n) is 4.37. The Balaban J connectivity index is 1.87. The van der Waals surface area contributed by atoms with Crippen molar-refractivity contribution in [2.24, 2.45) is 12.0 Å². The van der Waals surface area contributed by atoms with Gasteiger partial charge in [0, 0.05) is 41.3 Å². The number of hydrogen-bond acceptors (Lipinski definition) is 2. The van der Waals surface area contributed by atoms with Crippen LogP contribution in [0.5, 0.6) is 0 Å². The Labute approximate surface area is 162 Å². The van der Waals surface area contributed by atoms with Crippen LogP contribution in [-0.4, -0.2) is 41.4 Å². The predicted octanol–water partition coefficient (Wildman–Crippen LogP) is 4.46. The van der Waals surface area contributed by atoms with Gasteiger partial charge in [0.25, 0.3) is 0 Å². The first-order valence-electron chi connectivity index (χ1n) is 10.2. The maximum atomic E-state index is 5.19. The fraction of sp³-hybridized carbons (Fsp3) is 0.375. The van der Waals surface area contributed by atoms with Gasteiger partial charge in [0.1, 0.15) is 0 Å². The molecule has 0 spiro atoms. The number of likely N-dealkylation sites (N-methyl/N-ethyl adjacent to an activating group) is 1. The van der Waals surface area contributed by atoms with E-state index < -0.39 is 0 Å². The van der Waals surface area contributed by atoms with Gasteiger partial charge >= 0.3 is 0 Å². The number of aromatic nitrogens is 1. The summed E-state index contributed by atoms with van der Waals surface area (Å²) in [6, 6.07) is 17.6. The number of benzene rings is 2. The van der Waals surface area contributed by atoms with Crippen molar-refractivity contribution in [1.29, 1.82) is 0 Å². The lowest BCUT2D eigenvalue weighted by atomic mass is 9.97. The van der Waals surface area contributed by atoms with Crippen molar-refractivity contribution in [2.75, 3.05) is 26.2 Å². The lowest BCUT2D eigenvalue weighted by Gasteiger charge is -2.17. The van der Waals surface area contributed by atoms with Gasteiger partial charge in [-0.15, -0.1) is 0 Å². The average Bonchev–Trinajstić information content (AvgIpc) is 2.88. The third kappa shape index (κ3) is 3.21. The summed E-state index contributed by atoms with van der Waals surface area (Å²) >= 11 is 0. The summed E-state index contributed by atoms with van der Waals surface area (Å²) in [5.41, 5.74) is 7.97. The van der Waals surface area contributed by atoms with Crippen molar-refractivity contribution in [1.82, 2.24) is 9.47 Å². The van der Waals surface area contributed by atoms with E-state index in [2.05, 4.69) is 78.9 Å². The first-order valence-corrected chi connectivity index (χ1v) is 10.2. The van der Waals surface area contributed by atoms with Gasteiger partial charge in [-0.1, -0.05) is 56.3 Å². The van der Waals surface area contributed by atoms with Gasteiger partial charge in [-0.3, -0.25) is 4.99 Å². The molecular weight excluding hydrogens is 330 g/mol. The molecule has 0 N–H and O–H groups in total. The van der Waals surface area contributed by atoms with Gasteiger partial charge < -0.3 is 9.47 Å². The highest BCUT2D eigenvalue weighted by Crippen LogP contribution is 2.32. The Morgan fingerprint density at radius 1 is 0.963 bits per heavy atom. The molecule has 0 saturated heterocycles. The number of fused-ring (bicyclic) bond motifs is 4. The molecule has 27 heavy (non-hydrogen) atoms. The van der Waals surface area contributed by atoms with Crippen molar-refractivity contribution < 1.29 is 0 Å². The van der Waals surface area contributed by atoms with Crippen molar-refractivity contribution in [3.05, 3.63) is 70.9 Å². The molecule has 0 bridgehead atoms. The largest absolute Gasteiger partial charge is 0.347 e. The van der Waals surface area contributed by atoms with Gasteiger partial charge in [0.15, 0.2) is 0 Å². The SMILES string of the molecule is CCN(CC)CCN=C1c2ccccc2CCc2c1c1ccccc1n2C. The summed E-state index contributed by atoms with van der Waals surface area (Å²) in [6.45, 7) is 8.46. The van der Waals surface area contributed by atoms with Crippen LogP contribution in [-0.2, 0) is 19.9 Å². The third-order valence-electron chi connectivity index (χ3n) is 5.95. The smallest absolute Gasteiger partial charge is 0.0746 e. The van der Waals surface area contributed by atoms with Gasteiger partial charge in [0.05, 0.1) is 12.3 Å². The molecule has 4 rings (SSSR count). The maximum absolute atomic E-state index is 5.19. The van der Waals surface area contributed by atoms with Crippen molar-refractivity contribution in [3.8, 4) is 0 Å². The molecule has 0 aliphatic heterocycles. The van der Waals surface area contributed by atoms with Crippen LogP contribution < -0.4 is 0 Å². The van der Waals surface area contributed by atoms with Crippen LogP contribution in [0.25, 0.3) is 10.9 Å². The molecule has 3 heteroatoms. The van der Waals surface area contributed by atoms with E-state index in [0.29, 0.717) is 0 Å². The van der Waals surface area contributed by atoms with Gasteiger partial charge in [-0.05, 0) is 37.6 Å². The molecule has 140 valence electrons. The minimum absolute atomic E-state index is 0.841. The number of hydrogen-bond donors (Lipinski definition) is 0. The molecule has 0 unspecified atom stereocenters. The second kappa shape index (κ2) is 7.69. The molecule has 1 aliphatic carbocycles. The monoisotopic (exact) mass is 359 g/mol. The Bertz CT molecular complexity index is 976. The molecule has 0 radical (unpaired) electrons. The molecule has 3 nitrogen and oxygen atoms in total. The molecule has 0 atom stereocenters. The average molecular weight is 360 g/mol. The lowest BCUT2D eigenvalue weighted by Crippen LogP contribution is -2.26. The van der Waals surface area contributed by atoms with Crippen LogP contribution in [0.15, 0.2) is 53.5 Å². The first-order chi connectivity index (χ1) is 13.2. The number of nitrogens with zero attached hydrogens (tertiary/aromatic N) is 3. The molecule has 1 aromatic heterocycles. The van der Waals surface area contributed by atoms with Crippen molar-refractivity contribution >= 4 is 16.6 Å². The minimum Gasteiger partial charge on any atom is -0.347 e. The van der Waals surface area contributed by atoms with Crippen LogP contribution in [0.4, 0.5) is 0 Å². The third-order valence-corrected chi connectivity index (χ3v) is 5.95. The summed E-state index contributed by atoms with van der Waals surface area (Å²) in [5.74, 6) is 0. The summed E-state index contributed by atoms with van der Waals surface area (Å²) in [6.07, 6.45) is 2.13. The van der Waals surface area contributed by atoms with Crippen LogP contribution in [0, 0.1) is 0 Å². The zero-order valence-electron chi connectivity index (χ0n) is 16.7. The molecule has 0 amide bonds. The highest BCUT2D eigenvalue weighted by molar-refractivity contribution is 6.21. The van der Waals surface area contributed by atoms with E-state index in [1.807, 2.05) is 0 Å². The second-order valence-corrected chi connectivity index (χ2v) is 7.31. The van der Waals surface area contributed by atoms with E-state index in [1.54, 1.807) is 0 Å². The van der Waals surface area contributed by atoms with Gasteiger partial charge in [-0.2, -0.15) is 0 Å². The number of aliphatic imine (C=N–C) groups is 1. The zero-order chi connectivity index (χ0) is 18.8. The Hall–Kier alpha value is -2.39. The van der Waals surface area contributed by atoms with E-state index in [1.165, 1.54) is 39.0 Å². The molecule has 0 fully saturated rings. The molecule has 1 aliphatic rings. The Morgan fingerprint density at radius 3 is 2.52 bits per heavy atom. The number of aryl methyl sites for hydroxylation is 2. The number of rotatable bonds is 5. The summed E-state index contributed by atoms with van der Waals surface area (Å²) in [5, 5.41) is 1.33. The Morgan fingerprint density at radius 2 is 1.70 bits per heavy atom. The maximum Gasteiger partial charge on any atom is 0.0746 e. The van der Waals surface area contributed by atoms with Crippen molar-refractivity contribution in [3.63, 3.8) is 0 Å². The van der Waals surface area contributed by atoms with E-state index in [0.717, 1.165) is 39.0 Å². The Kier molecular flexibility index (Phi) is 5.13. The van der Waals surface area contributed by atoms with Gasteiger partial charge in [0.2, 0.25) is 0 Å². The van der Waals surface area contributed by atoms with E-state index >= 15 is 0 Å². The predicted molar refractivity (Wildman–Crippen MR) is 115 cm³/mol. The summed E-state index contributed by atoms with van der Waals surface area (Å²) < 4.78 is 2.37. The van der Waals surface area contributed by atoms with Crippen molar-refractivity contribution in [2.45, 2.75) is 26.7 Å². The highest BCUT2D eigenvalue weighted by atomic mass is 15.1. The summed E-state index contributed by atoms with van der Waals surface area (Å²) in [4.78, 5) is 7.63. The standard InChI is InChI=1S/C24H29N3/c1-4-27(5-2)17-16-25-24-19-11-7-6-10-18(19)14-15-22-23(24)20-12-8-9-13-21(20)26(22)3/h6-13H,4-5,14-17H2,1-3H3. The minimum atomic E-state index is 0.841. The van der Waals surface area contributed by atoms with Crippen LogP contribution >= 0.6 is 0 Å². The quantitative estimate of drug-likeness (QED) is 0.659. The van der Waals surface area contributed by atoms with Crippen LogP contribution in [0.2, 0.25) is 0 Å².